The predicted octanol–water partition coefficient (Wildman–Crippen LogP) is 1.31. The molecule has 1 aromatic rings. The van der Waals surface area contributed by atoms with Gasteiger partial charge in [-0.2, -0.15) is 0 Å². The Balaban J connectivity index is 1.81. The highest BCUT2D eigenvalue weighted by Crippen LogP contribution is 2.16. The van der Waals surface area contributed by atoms with E-state index in [2.05, 4.69) is 21.3 Å². The van der Waals surface area contributed by atoms with Crippen LogP contribution in [-0.4, -0.2) is 42.6 Å². The van der Waals surface area contributed by atoms with Crippen LogP contribution in [0.5, 0.6) is 0 Å². The monoisotopic (exact) mass is 219 g/mol. The Labute approximate surface area is 97.9 Å². The molecule has 0 bridgehead atoms. The molecule has 1 aliphatic heterocycles. The Bertz CT molecular complexity index is 299. The average Bonchev–Trinajstić information content (AvgIpc) is 2.76. The fourth-order valence-corrected chi connectivity index (χ4v) is 2.48. The highest BCUT2D eigenvalue weighted by atomic mass is 15.2. The molecule has 88 valence electrons. The molecule has 1 saturated heterocycles. The van der Waals surface area contributed by atoms with Crippen molar-refractivity contribution in [1.82, 2.24) is 15.2 Å². The lowest BCUT2D eigenvalue weighted by atomic mass is 10.2. The molecule has 0 amide bonds. The molecule has 2 rings (SSSR count). The van der Waals surface area contributed by atoms with Crippen molar-refractivity contribution < 1.29 is 0 Å². The Kier molecular flexibility index (Phi) is 4.31. The van der Waals surface area contributed by atoms with E-state index < -0.39 is 0 Å². The molecule has 16 heavy (non-hydrogen) atoms. The Hall–Kier alpha value is -0.930. The molecule has 2 heterocycles. The van der Waals surface area contributed by atoms with E-state index in [1.807, 2.05) is 25.5 Å². The highest BCUT2D eigenvalue weighted by molar-refractivity contribution is 5.08. The van der Waals surface area contributed by atoms with Gasteiger partial charge in [-0.25, -0.2) is 0 Å². The van der Waals surface area contributed by atoms with Gasteiger partial charge < -0.3 is 5.32 Å². The molecular formula is C13H21N3. The van der Waals surface area contributed by atoms with Crippen molar-refractivity contribution in [1.29, 1.82) is 0 Å². The van der Waals surface area contributed by atoms with Gasteiger partial charge in [-0.05, 0) is 44.5 Å². The van der Waals surface area contributed by atoms with Crippen LogP contribution in [-0.2, 0) is 6.42 Å². The van der Waals surface area contributed by atoms with Crippen molar-refractivity contribution in [3.8, 4) is 0 Å². The fraction of sp³-hybridized carbons (Fsp3) is 0.615. The smallest absolute Gasteiger partial charge is 0.0300 e. The number of hydrogen-bond acceptors (Lipinski definition) is 3. The van der Waals surface area contributed by atoms with Gasteiger partial charge in [0.1, 0.15) is 0 Å². The van der Waals surface area contributed by atoms with Crippen LogP contribution in [0.15, 0.2) is 24.5 Å². The summed E-state index contributed by atoms with van der Waals surface area (Å²) in [7, 11) is 2.04. The number of nitrogens with zero attached hydrogens (tertiary/aromatic N) is 2. The van der Waals surface area contributed by atoms with E-state index in [-0.39, 0.29) is 0 Å². The summed E-state index contributed by atoms with van der Waals surface area (Å²) in [6, 6.07) is 4.92. The molecule has 0 saturated carbocycles. The van der Waals surface area contributed by atoms with E-state index in [4.69, 9.17) is 0 Å². The lowest BCUT2D eigenvalue weighted by Crippen LogP contribution is -2.37. The molecule has 1 aliphatic rings. The lowest BCUT2D eigenvalue weighted by Gasteiger charge is -2.24. The van der Waals surface area contributed by atoms with Crippen LogP contribution in [0.1, 0.15) is 18.4 Å². The molecule has 3 heteroatoms. The normalized spacial score (nSPS) is 21.4. The minimum Gasteiger partial charge on any atom is -0.318 e. The number of nitrogens with one attached hydrogen (secondary N) is 1. The molecule has 0 aliphatic carbocycles. The first-order valence-electron chi connectivity index (χ1n) is 6.17. The largest absolute Gasteiger partial charge is 0.318 e. The first kappa shape index (κ1) is 11.6. The van der Waals surface area contributed by atoms with E-state index >= 15 is 0 Å². The third-order valence-electron chi connectivity index (χ3n) is 3.35. The van der Waals surface area contributed by atoms with Crippen LogP contribution >= 0.6 is 0 Å². The van der Waals surface area contributed by atoms with Gasteiger partial charge in [-0.15, -0.1) is 0 Å². The number of likely N-dealkylation sites (N-methyl/N-ethyl adjacent to an activating group) is 1. The summed E-state index contributed by atoms with van der Waals surface area (Å²) < 4.78 is 0. The van der Waals surface area contributed by atoms with Gasteiger partial charge >= 0.3 is 0 Å². The number of likely N-dealkylation sites (tertiary alicyclic amines) is 1. The molecular weight excluding hydrogens is 198 g/mol. The van der Waals surface area contributed by atoms with Gasteiger partial charge in [-0.1, -0.05) is 6.07 Å². The maximum Gasteiger partial charge on any atom is 0.0300 e. The third-order valence-corrected chi connectivity index (χ3v) is 3.35. The second-order valence-electron chi connectivity index (χ2n) is 4.50. The average molecular weight is 219 g/mol. The van der Waals surface area contributed by atoms with Gasteiger partial charge in [0.05, 0.1) is 0 Å². The topological polar surface area (TPSA) is 28.2 Å². The molecule has 0 radical (unpaired) electrons. The first-order chi connectivity index (χ1) is 7.90. The van der Waals surface area contributed by atoms with E-state index in [1.165, 1.54) is 24.9 Å². The van der Waals surface area contributed by atoms with Crippen LogP contribution < -0.4 is 5.32 Å². The zero-order valence-electron chi connectivity index (χ0n) is 10.0. The van der Waals surface area contributed by atoms with Gasteiger partial charge in [-0.3, -0.25) is 9.88 Å². The maximum absolute atomic E-state index is 4.15. The molecule has 1 unspecified atom stereocenters. The van der Waals surface area contributed by atoms with Crippen LogP contribution in [0, 0.1) is 0 Å². The van der Waals surface area contributed by atoms with E-state index in [9.17, 15) is 0 Å². The zero-order valence-corrected chi connectivity index (χ0v) is 10.0. The van der Waals surface area contributed by atoms with Crippen molar-refractivity contribution in [3.05, 3.63) is 30.1 Å². The van der Waals surface area contributed by atoms with Gasteiger partial charge in [0, 0.05) is 31.5 Å². The van der Waals surface area contributed by atoms with Crippen molar-refractivity contribution in [2.75, 3.05) is 26.7 Å². The molecule has 1 fully saturated rings. The summed E-state index contributed by atoms with van der Waals surface area (Å²) in [6.07, 6.45) is 7.62. The lowest BCUT2D eigenvalue weighted by molar-refractivity contribution is 0.253. The summed E-state index contributed by atoms with van der Waals surface area (Å²) in [5.41, 5.74) is 1.35. The standard InChI is InChI=1S/C13H21N3/c1-14-11-13-5-3-8-16(13)9-6-12-4-2-7-15-10-12/h2,4,7,10,13-14H,3,5-6,8-9,11H2,1H3. The summed E-state index contributed by atoms with van der Waals surface area (Å²) in [5.74, 6) is 0. The van der Waals surface area contributed by atoms with Gasteiger partial charge in [0.15, 0.2) is 0 Å². The Morgan fingerprint density at radius 1 is 1.56 bits per heavy atom. The van der Waals surface area contributed by atoms with Crippen molar-refractivity contribution in [2.45, 2.75) is 25.3 Å². The van der Waals surface area contributed by atoms with Crippen LogP contribution in [0.3, 0.4) is 0 Å². The van der Waals surface area contributed by atoms with Crippen LogP contribution in [0.25, 0.3) is 0 Å². The molecule has 1 atom stereocenters. The SMILES string of the molecule is CNCC1CCCN1CCc1cccnc1. The minimum absolute atomic E-state index is 0.738. The maximum atomic E-state index is 4.15. The van der Waals surface area contributed by atoms with Crippen molar-refractivity contribution in [3.63, 3.8) is 0 Å². The highest BCUT2D eigenvalue weighted by Gasteiger charge is 2.22. The number of hydrogen-bond donors (Lipinski definition) is 1. The molecule has 3 nitrogen and oxygen atoms in total. The number of rotatable bonds is 5. The fourth-order valence-electron chi connectivity index (χ4n) is 2.48. The first-order valence-corrected chi connectivity index (χ1v) is 6.17. The minimum atomic E-state index is 0.738. The second kappa shape index (κ2) is 5.97. The quantitative estimate of drug-likeness (QED) is 0.809. The predicted molar refractivity (Wildman–Crippen MR) is 66.5 cm³/mol. The third kappa shape index (κ3) is 3.03. The van der Waals surface area contributed by atoms with E-state index in [0.717, 1.165) is 25.6 Å². The van der Waals surface area contributed by atoms with E-state index in [1.54, 1.807) is 0 Å². The van der Waals surface area contributed by atoms with Crippen LogP contribution in [0.2, 0.25) is 0 Å². The van der Waals surface area contributed by atoms with E-state index in [0.29, 0.717) is 0 Å². The zero-order chi connectivity index (χ0) is 11.2. The van der Waals surface area contributed by atoms with Crippen molar-refractivity contribution in [2.24, 2.45) is 0 Å². The van der Waals surface area contributed by atoms with Crippen LogP contribution in [0.4, 0.5) is 0 Å². The van der Waals surface area contributed by atoms with Gasteiger partial charge in [0.25, 0.3) is 0 Å². The molecule has 1 N–H and O–H groups in total. The second-order valence-corrected chi connectivity index (χ2v) is 4.50. The summed E-state index contributed by atoms with van der Waals surface area (Å²) >= 11 is 0. The molecule has 1 aromatic heterocycles. The molecule has 0 aromatic carbocycles. The molecule has 0 spiro atoms. The summed E-state index contributed by atoms with van der Waals surface area (Å²) in [5, 5.41) is 3.28. The summed E-state index contributed by atoms with van der Waals surface area (Å²) in [6.45, 7) is 3.54. The number of aromatic nitrogens is 1. The number of pyridine rings is 1. The summed E-state index contributed by atoms with van der Waals surface area (Å²) in [4.78, 5) is 6.76. The Morgan fingerprint density at radius 2 is 2.50 bits per heavy atom. The van der Waals surface area contributed by atoms with Gasteiger partial charge in [0.2, 0.25) is 0 Å². The van der Waals surface area contributed by atoms with Crippen molar-refractivity contribution >= 4 is 0 Å². The Morgan fingerprint density at radius 3 is 3.25 bits per heavy atom.